The maximum Gasteiger partial charge on any atom is 0.280 e. The maximum atomic E-state index is 12.2. The standard InChI is InChI=1S/C16H17N7O5/c17-15-19-12-9(13(27)20-15)18-16(22-21-7-4-2-1-3-5-7)23(12)14-11(26)10(25)8(6-24)28-14/h1-5,8,10-11,14,24-26H,6H2,(H3,17,19,20,27)/b22-21+/t8-,10+,11?,14-/m1/s1. The van der Waals surface area contributed by atoms with Gasteiger partial charge in [0.1, 0.15) is 18.3 Å². The molecule has 1 aliphatic heterocycles. The highest BCUT2D eigenvalue weighted by molar-refractivity contribution is 5.74. The first kappa shape index (κ1) is 18.2. The summed E-state index contributed by atoms with van der Waals surface area (Å²) in [5.74, 6) is -0.255. The quantitative estimate of drug-likeness (QED) is 0.379. The van der Waals surface area contributed by atoms with Crippen molar-refractivity contribution in [3.05, 3.63) is 40.7 Å². The average molecular weight is 387 g/mol. The van der Waals surface area contributed by atoms with E-state index >= 15 is 0 Å². The fourth-order valence-electron chi connectivity index (χ4n) is 2.98. The molecular weight excluding hydrogens is 370 g/mol. The first-order chi connectivity index (χ1) is 13.5. The van der Waals surface area contributed by atoms with Crippen molar-refractivity contribution in [2.45, 2.75) is 24.5 Å². The van der Waals surface area contributed by atoms with Crippen molar-refractivity contribution in [1.82, 2.24) is 19.5 Å². The lowest BCUT2D eigenvalue weighted by molar-refractivity contribution is -0.0503. The van der Waals surface area contributed by atoms with E-state index in [-0.39, 0.29) is 23.1 Å². The zero-order valence-electron chi connectivity index (χ0n) is 14.4. The lowest BCUT2D eigenvalue weighted by Gasteiger charge is -2.17. The summed E-state index contributed by atoms with van der Waals surface area (Å²) in [5.41, 5.74) is 5.46. The Morgan fingerprint density at radius 1 is 1.18 bits per heavy atom. The molecule has 0 aliphatic carbocycles. The van der Waals surface area contributed by atoms with Crippen LogP contribution in [0.2, 0.25) is 0 Å². The zero-order valence-corrected chi connectivity index (χ0v) is 14.4. The number of hydrogen-bond donors (Lipinski definition) is 5. The second-order valence-corrected chi connectivity index (χ2v) is 6.17. The largest absolute Gasteiger partial charge is 0.394 e. The Balaban J connectivity index is 1.87. The van der Waals surface area contributed by atoms with Gasteiger partial charge in [-0.15, -0.1) is 10.2 Å². The summed E-state index contributed by atoms with van der Waals surface area (Å²) < 4.78 is 6.76. The van der Waals surface area contributed by atoms with E-state index < -0.39 is 36.7 Å². The Labute approximate surface area is 157 Å². The second kappa shape index (κ2) is 7.09. The molecule has 0 bridgehead atoms. The zero-order chi connectivity index (χ0) is 19.8. The molecule has 6 N–H and O–H groups in total. The van der Waals surface area contributed by atoms with Gasteiger partial charge in [0.05, 0.1) is 12.3 Å². The lowest BCUT2D eigenvalue weighted by Crippen LogP contribution is -2.33. The molecule has 0 spiro atoms. The number of ether oxygens (including phenoxy) is 1. The first-order valence-electron chi connectivity index (χ1n) is 8.36. The molecule has 1 saturated heterocycles. The number of anilines is 1. The molecule has 0 amide bonds. The number of H-pyrrole nitrogens is 1. The van der Waals surface area contributed by atoms with E-state index in [9.17, 15) is 20.1 Å². The molecule has 3 aromatic rings. The van der Waals surface area contributed by atoms with Gasteiger partial charge in [0.2, 0.25) is 5.95 Å². The van der Waals surface area contributed by atoms with E-state index in [0.717, 1.165) is 0 Å². The Kier molecular flexibility index (Phi) is 4.60. The number of nitrogen functional groups attached to an aromatic ring is 1. The number of imidazole rings is 1. The van der Waals surface area contributed by atoms with Crippen molar-refractivity contribution in [2.75, 3.05) is 12.3 Å². The number of aliphatic hydroxyl groups is 3. The van der Waals surface area contributed by atoms with E-state index in [2.05, 4.69) is 25.2 Å². The van der Waals surface area contributed by atoms with Crippen LogP contribution in [0.3, 0.4) is 0 Å². The van der Waals surface area contributed by atoms with E-state index in [1.54, 1.807) is 24.3 Å². The van der Waals surface area contributed by atoms with Crippen LogP contribution in [0.25, 0.3) is 11.2 Å². The molecule has 4 rings (SSSR count). The molecule has 12 heteroatoms. The number of nitrogens with zero attached hydrogens (tertiary/aromatic N) is 5. The van der Waals surface area contributed by atoms with Crippen LogP contribution < -0.4 is 11.3 Å². The lowest BCUT2D eigenvalue weighted by atomic mass is 10.1. The number of nitrogens with one attached hydrogen (secondary N) is 1. The van der Waals surface area contributed by atoms with Crippen molar-refractivity contribution in [2.24, 2.45) is 10.2 Å². The van der Waals surface area contributed by atoms with E-state index in [1.165, 1.54) is 4.57 Å². The Morgan fingerprint density at radius 3 is 2.61 bits per heavy atom. The highest BCUT2D eigenvalue weighted by Crippen LogP contribution is 2.35. The minimum atomic E-state index is -1.43. The number of aromatic nitrogens is 4. The Morgan fingerprint density at radius 2 is 1.93 bits per heavy atom. The van der Waals surface area contributed by atoms with Crippen molar-refractivity contribution < 1.29 is 20.1 Å². The summed E-state index contributed by atoms with van der Waals surface area (Å²) in [6.07, 6.45) is -5.03. The van der Waals surface area contributed by atoms with Crippen LogP contribution in [0.1, 0.15) is 6.23 Å². The summed E-state index contributed by atoms with van der Waals surface area (Å²) in [6.45, 7) is -0.516. The van der Waals surface area contributed by atoms with Gasteiger partial charge in [0, 0.05) is 0 Å². The number of aliphatic hydroxyl groups excluding tert-OH is 3. The number of aromatic amines is 1. The van der Waals surface area contributed by atoms with Crippen LogP contribution in [-0.2, 0) is 4.74 Å². The van der Waals surface area contributed by atoms with Gasteiger partial charge in [0.15, 0.2) is 17.4 Å². The Hall–Kier alpha value is -3.19. The third-order valence-electron chi connectivity index (χ3n) is 4.33. The average Bonchev–Trinajstić information content (AvgIpc) is 3.18. The van der Waals surface area contributed by atoms with Crippen LogP contribution in [-0.4, -0.2) is 59.8 Å². The smallest absolute Gasteiger partial charge is 0.280 e. The van der Waals surface area contributed by atoms with Crippen LogP contribution in [0, 0.1) is 0 Å². The molecule has 146 valence electrons. The van der Waals surface area contributed by atoms with Gasteiger partial charge in [0.25, 0.3) is 11.5 Å². The molecule has 1 aliphatic rings. The van der Waals surface area contributed by atoms with Gasteiger partial charge in [-0.1, -0.05) is 18.2 Å². The molecule has 0 radical (unpaired) electrons. The second-order valence-electron chi connectivity index (χ2n) is 6.17. The van der Waals surface area contributed by atoms with Crippen molar-refractivity contribution in [3.8, 4) is 0 Å². The number of fused-ring (bicyclic) bond motifs is 1. The van der Waals surface area contributed by atoms with Gasteiger partial charge < -0.3 is 25.8 Å². The minimum absolute atomic E-state index is 0.00176. The third-order valence-corrected chi connectivity index (χ3v) is 4.33. The van der Waals surface area contributed by atoms with Gasteiger partial charge in [-0.3, -0.25) is 14.3 Å². The maximum absolute atomic E-state index is 12.2. The molecule has 2 aromatic heterocycles. The number of azo groups is 1. The highest BCUT2D eigenvalue weighted by atomic mass is 16.6. The van der Waals surface area contributed by atoms with Crippen LogP contribution >= 0.6 is 0 Å². The van der Waals surface area contributed by atoms with Gasteiger partial charge >= 0.3 is 0 Å². The van der Waals surface area contributed by atoms with Crippen molar-refractivity contribution >= 4 is 28.7 Å². The predicted molar refractivity (Wildman–Crippen MR) is 96.2 cm³/mol. The number of nitrogens with two attached hydrogens (primary N) is 1. The topological polar surface area (TPSA) is 184 Å². The minimum Gasteiger partial charge on any atom is -0.394 e. The number of hydrogen-bond acceptors (Lipinski definition) is 10. The molecule has 0 saturated carbocycles. The van der Waals surface area contributed by atoms with Crippen LogP contribution in [0.4, 0.5) is 17.6 Å². The van der Waals surface area contributed by atoms with Gasteiger partial charge in [-0.05, 0) is 12.1 Å². The summed E-state index contributed by atoms with van der Waals surface area (Å²) in [7, 11) is 0. The van der Waals surface area contributed by atoms with E-state index in [0.29, 0.717) is 5.69 Å². The Bertz CT molecular complexity index is 1080. The van der Waals surface area contributed by atoms with Crippen molar-refractivity contribution in [1.29, 1.82) is 0 Å². The van der Waals surface area contributed by atoms with Crippen LogP contribution in [0.15, 0.2) is 45.4 Å². The summed E-state index contributed by atoms with van der Waals surface area (Å²) >= 11 is 0. The molecule has 1 fully saturated rings. The first-order valence-corrected chi connectivity index (χ1v) is 8.36. The van der Waals surface area contributed by atoms with Crippen LogP contribution in [0.5, 0.6) is 0 Å². The van der Waals surface area contributed by atoms with E-state index in [4.69, 9.17) is 10.5 Å². The number of benzene rings is 1. The summed E-state index contributed by atoms with van der Waals surface area (Å²) in [6, 6.07) is 8.80. The molecule has 28 heavy (non-hydrogen) atoms. The molecule has 12 nitrogen and oxygen atoms in total. The molecule has 1 aromatic carbocycles. The van der Waals surface area contributed by atoms with Gasteiger partial charge in [-0.2, -0.15) is 4.98 Å². The highest BCUT2D eigenvalue weighted by Gasteiger charge is 2.45. The van der Waals surface area contributed by atoms with E-state index in [1.807, 2.05) is 6.07 Å². The molecule has 1 unspecified atom stereocenters. The predicted octanol–water partition coefficient (Wildman–Crippen LogP) is -0.271. The normalized spacial score (nSPS) is 25.1. The fraction of sp³-hybridized carbons (Fsp3) is 0.312. The molecule has 3 heterocycles. The van der Waals surface area contributed by atoms with Crippen molar-refractivity contribution in [3.63, 3.8) is 0 Å². The summed E-state index contributed by atoms with van der Waals surface area (Å²) in [4.78, 5) is 22.7. The summed E-state index contributed by atoms with van der Waals surface area (Å²) in [5, 5.41) is 37.9. The SMILES string of the molecule is Nc1nc2c(nc(/N=N/c3ccccc3)n2[C@@H]2O[C@H](CO)[C@H](O)C2O)c(=O)[nH]1. The number of rotatable bonds is 4. The monoisotopic (exact) mass is 387 g/mol. The third kappa shape index (κ3) is 3.03. The fourth-order valence-corrected chi connectivity index (χ4v) is 2.98. The van der Waals surface area contributed by atoms with Gasteiger partial charge in [-0.25, -0.2) is 4.98 Å². The molecule has 4 atom stereocenters. The molecular formula is C16H17N7O5.